The molecule has 0 bridgehead atoms. The normalized spacial score (nSPS) is 10.2. The molecule has 0 aliphatic carbocycles. The highest BCUT2D eigenvalue weighted by Gasteiger charge is 2.07. The minimum absolute atomic E-state index is 0.00502. The first kappa shape index (κ1) is 13.1. The number of carbonyl (C=O) groups is 2. The van der Waals surface area contributed by atoms with Crippen LogP contribution in [0.2, 0.25) is 0 Å². The Kier molecular flexibility index (Phi) is 5.12. The second kappa shape index (κ2) is 6.62. The molecule has 0 atom stereocenters. The van der Waals surface area contributed by atoms with Crippen molar-refractivity contribution in [2.75, 3.05) is 6.54 Å². The molecule has 1 amide bonds. The lowest BCUT2D eigenvalue weighted by Crippen LogP contribution is -2.27. The van der Waals surface area contributed by atoms with E-state index in [-0.39, 0.29) is 11.6 Å². The van der Waals surface area contributed by atoms with E-state index in [4.69, 9.17) is 5.11 Å². The van der Waals surface area contributed by atoms with Gasteiger partial charge in [-0.3, -0.25) is 4.79 Å². The quantitative estimate of drug-likeness (QED) is 0.713. The van der Waals surface area contributed by atoms with Crippen LogP contribution in [-0.4, -0.2) is 38.5 Å². The standard InChI is InChI=1S/C10H16N4O3/c1-2-3-4-9(15)11-5-6-14-7-8(10(16)17)12-13-14/h7H,2-6H2,1H3,(H,11,15)(H,16,17). The molecule has 2 N–H and O–H groups in total. The molecule has 94 valence electrons. The van der Waals surface area contributed by atoms with Crippen LogP contribution in [0.1, 0.15) is 36.7 Å². The van der Waals surface area contributed by atoms with Crippen LogP contribution in [0.4, 0.5) is 0 Å². The Labute approximate surface area is 98.8 Å². The lowest BCUT2D eigenvalue weighted by atomic mass is 10.2. The molecule has 1 aromatic rings. The Morgan fingerprint density at radius 3 is 2.88 bits per heavy atom. The van der Waals surface area contributed by atoms with Gasteiger partial charge in [0.15, 0.2) is 5.69 Å². The number of aromatic carboxylic acids is 1. The molecule has 0 aliphatic heterocycles. The molecule has 0 radical (unpaired) electrons. The predicted octanol–water partition coefficient (Wildman–Crippen LogP) is 0.283. The number of carboxylic acid groups (broad SMARTS) is 1. The summed E-state index contributed by atoms with van der Waals surface area (Å²) in [6, 6.07) is 0. The first-order chi connectivity index (χ1) is 8.13. The monoisotopic (exact) mass is 240 g/mol. The first-order valence-corrected chi connectivity index (χ1v) is 5.53. The summed E-state index contributed by atoms with van der Waals surface area (Å²) < 4.78 is 1.39. The second-order valence-corrected chi connectivity index (χ2v) is 3.63. The van der Waals surface area contributed by atoms with Crippen LogP contribution in [0, 0.1) is 0 Å². The van der Waals surface area contributed by atoms with Crippen molar-refractivity contribution in [3.8, 4) is 0 Å². The van der Waals surface area contributed by atoms with Gasteiger partial charge in [-0.25, -0.2) is 9.48 Å². The van der Waals surface area contributed by atoms with Crippen LogP contribution in [0.15, 0.2) is 6.20 Å². The van der Waals surface area contributed by atoms with Crippen LogP contribution >= 0.6 is 0 Å². The number of carbonyl (C=O) groups excluding carboxylic acids is 1. The molecule has 1 aromatic heterocycles. The average molecular weight is 240 g/mol. The van der Waals surface area contributed by atoms with Gasteiger partial charge in [0.05, 0.1) is 12.7 Å². The summed E-state index contributed by atoms with van der Waals surface area (Å²) in [5.74, 6) is -1.10. The fourth-order valence-electron chi connectivity index (χ4n) is 1.24. The van der Waals surface area contributed by atoms with Crippen molar-refractivity contribution < 1.29 is 14.7 Å². The van der Waals surface area contributed by atoms with Gasteiger partial charge in [0, 0.05) is 13.0 Å². The molecular weight excluding hydrogens is 224 g/mol. The van der Waals surface area contributed by atoms with Gasteiger partial charge in [0.1, 0.15) is 0 Å². The maximum Gasteiger partial charge on any atom is 0.358 e. The fraction of sp³-hybridized carbons (Fsp3) is 0.600. The van der Waals surface area contributed by atoms with E-state index < -0.39 is 5.97 Å². The zero-order valence-electron chi connectivity index (χ0n) is 9.72. The molecule has 7 nitrogen and oxygen atoms in total. The van der Waals surface area contributed by atoms with Crippen LogP contribution in [-0.2, 0) is 11.3 Å². The highest BCUT2D eigenvalue weighted by Crippen LogP contribution is 1.94. The van der Waals surface area contributed by atoms with Crippen LogP contribution < -0.4 is 5.32 Å². The van der Waals surface area contributed by atoms with Crippen LogP contribution in [0.3, 0.4) is 0 Å². The number of hydrogen-bond donors (Lipinski definition) is 2. The van der Waals surface area contributed by atoms with Crippen molar-refractivity contribution in [3.05, 3.63) is 11.9 Å². The Morgan fingerprint density at radius 1 is 1.53 bits per heavy atom. The topological polar surface area (TPSA) is 97.1 Å². The summed E-state index contributed by atoms with van der Waals surface area (Å²) in [6.45, 7) is 2.86. The van der Waals surface area contributed by atoms with E-state index in [1.54, 1.807) is 0 Å². The Bertz CT molecular complexity index is 389. The Balaban J connectivity index is 2.26. The summed E-state index contributed by atoms with van der Waals surface area (Å²) in [6.07, 6.45) is 3.71. The number of hydrogen-bond acceptors (Lipinski definition) is 4. The average Bonchev–Trinajstić information content (AvgIpc) is 2.75. The summed E-state index contributed by atoms with van der Waals surface area (Å²) >= 11 is 0. The van der Waals surface area contributed by atoms with E-state index in [0.29, 0.717) is 19.5 Å². The van der Waals surface area contributed by atoms with Crippen molar-refractivity contribution >= 4 is 11.9 Å². The molecule has 0 aliphatic rings. The van der Waals surface area contributed by atoms with E-state index in [1.165, 1.54) is 10.9 Å². The third kappa shape index (κ3) is 4.62. The zero-order valence-corrected chi connectivity index (χ0v) is 9.72. The van der Waals surface area contributed by atoms with Crippen molar-refractivity contribution in [2.24, 2.45) is 0 Å². The number of nitrogens with one attached hydrogen (secondary N) is 1. The molecule has 17 heavy (non-hydrogen) atoms. The number of nitrogens with zero attached hydrogens (tertiary/aromatic N) is 3. The van der Waals surface area contributed by atoms with E-state index in [9.17, 15) is 9.59 Å². The molecule has 1 heterocycles. The fourth-order valence-corrected chi connectivity index (χ4v) is 1.24. The smallest absolute Gasteiger partial charge is 0.358 e. The Morgan fingerprint density at radius 2 is 2.29 bits per heavy atom. The van der Waals surface area contributed by atoms with E-state index >= 15 is 0 Å². The third-order valence-corrected chi connectivity index (χ3v) is 2.18. The molecule has 7 heteroatoms. The number of unbranched alkanes of at least 4 members (excludes halogenated alkanes) is 1. The lowest BCUT2D eigenvalue weighted by Gasteiger charge is -2.03. The van der Waals surface area contributed by atoms with Crippen molar-refractivity contribution in [1.82, 2.24) is 20.3 Å². The van der Waals surface area contributed by atoms with Crippen LogP contribution in [0.25, 0.3) is 0 Å². The first-order valence-electron chi connectivity index (χ1n) is 5.53. The van der Waals surface area contributed by atoms with E-state index in [1.807, 2.05) is 6.92 Å². The van der Waals surface area contributed by atoms with Gasteiger partial charge in [-0.1, -0.05) is 18.6 Å². The SMILES string of the molecule is CCCCC(=O)NCCn1cc(C(=O)O)nn1. The highest BCUT2D eigenvalue weighted by atomic mass is 16.4. The van der Waals surface area contributed by atoms with Crippen molar-refractivity contribution in [2.45, 2.75) is 32.7 Å². The molecule has 0 saturated carbocycles. The molecule has 0 unspecified atom stereocenters. The van der Waals surface area contributed by atoms with E-state index in [2.05, 4.69) is 15.6 Å². The van der Waals surface area contributed by atoms with Gasteiger partial charge in [0.2, 0.25) is 5.91 Å². The largest absolute Gasteiger partial charge is 0.476 e. The minimum Gasteiger partial charge on any atom is -0.476 e. The molecule has 0 spiro atoms. The molecule has 0 saturated heterocycles. The van der Waals surface area contributed by atoms with Gasteiger partial charge in [-0.2, -0.15) is 0 Å². The van der Waals surface area contributed by atoms with Crippen molar-refractivity contribution in [1.29, 1.82) is 0 Å². The molecule has 0 aromatic carbocycles. The highest BCUT2D eigenvalue weighted by molar-refractivity contribution is 5.84. The summed E-state index contributed by atoms with van der Waals surface area (Å²) in [5, 5.41) is 18.4. The molecule has 1 rings (SSSR count). The minimum atomic E-state index is -1.11. The van der Waals surface area contributed by atoms with Crippen molar-refractivity contribution in [3.63, 3.8) is 0 Å². The lowest BCUT2D eigenvalue weighted by molar-refractivity contribution is -0.121. The van der Waals surface area contributed by atoms with Gasteiger partial charge in [0.25, 0.3) is 0 Å². The predicted molar refractivity (Wildman–Crippen MR) is 59.5 cm³/mol. The number of rotatable bonds is 7. The van der Waals surface area contributed by atoms with E-state index in [0.717, 1.165) is 12.8 Å². The number of amides is 1. The summed E-state index contributed by atoms with van der Waals surface area (Å²) in [5.41, 5.74) is -0.0951. The van der Waals surface area contributed by atoms with Crippen LogP contribution in [0.5, 0.6) is 0 Å². The van der Waals surface area contributed by atoms with Gasteiger partial charge >= 0.3 is 5.97 Å². The zero-order chi connectivity index (χ0) is 12.7. The van der Waals surface area contributed by atoms with Gasteiger partial charge < -0.3 is 10.4 Å². The van der Waals surface area contributed by atoms with Gasteiger partial charge in [-0.05, 0) is 6.42 Å². The maximum absolute atomic E-state index is 11.3. The Hall–Kier alpha value is -1.92. The second-order valence-electron chi connectivity index (χ2n) is 3.63. The maximum atomic E-state index is 11.3. The number of aromatic nitrogens is 3. The summed E-state index contributed by atoms with van der Waals surface area (Å²) in [7, 11) is 0. The molecule has 0 fully saturated rings. The third-order valence-electron chi connectivity index (χ3n) is 2.18. The molecular formula is C10H16N4O3. The summed E-state index contributed by atoms with van der Waals surface area (Å²) in [4.78, 5) is 21.8. The number of carboxylic acids is 1. The van der Waals surface area contributed by atoms with Gasteiger partial charge in [-0.15, -0.1) is 5.10 Å².